The highest BCUT2D eigenvalue weighted by molar-refractivity contribution is 7.90. The second-order valence-electron chi connectivity index (χ2n) is 4.03. The Morgan fingerprint density at radius 3 is 2.15 bits per heavy atom. The number of hydrogen-bond donors (Lipinski definition) is 2. The summed E-state index contributed by atoms with van der Waals surface area (Å²) in [4.78, 5) is 0. The molecule has 1 unspecified atom stereocenters. The van der Waals surface area contributed by atoms with Crippen molar-refractivity contribution in [3.05, 3.63) is 0 Å². The standard InChI is InChI=1S/C8H19NO3S/c1-5-7(10)6-9-13(11,12)8(2,3)4/h7,9-10H,5-6H2,1-4H3. The van der Waals surface area contributed by atoms with Crippen LogP contribution in [0.5, 0.6) is 0 Å². The Hall–Kier alpha value is -0.130. The van der Waals surface area contributed by atoms with Crippen LogP contribution >= 0.6 is 0 Å². The average molecular weight is 209 g/mol. The van der Waals surface area contributed by atoms with Crippen LogP contribution in [0.2, 0.25) is 0 Å². The Labute approximate surface area is 80.4 Å². The van der Waals surface area contributed by atoms with E-state index in [0.29, 0.717) is 6.42 Å². The van der Waals surface area contributed by atoms with Crippen molar-refractivity contribution in [2.75, 3.05) is 6.54 Å². The van der Waals surface area contributed by atoms with Crippen molar-refractivity contribution in [1.29, 1.82) is 0 Å². The lowest BCUT2D eigenvalue weighted by Crippen LogP contribution is -2.42. The van der Waals surface area contributed by atoms with E-state index in [1.807, 2.05) is 0 Å². The summed E-state index contributed by atoms with van der Waals surface area (Å²) in [5.74, 6) is 0. The van der Waals surface area contributed by atoms with Crippen molar-refractivity contribution in [3.63, 3.8) is 0 Å². The smallest absolute Gasteiger partial charge is 0.216 e. The number of sulfonamides is 1. The maximum absolute atomic E-state index is 11.5. The number of hydrogen-bond acceptors (Lipinski definition) is 3. The summed E-state index contributed by atoms with van der Waals surface area (Å²) in [6.07, 6.45) is -0.0516. The van der Waals surface area contributed by atoms with E-state index in [-0.39, 0.29) is 6.54 Å². The van der Waals surface area contributed by atoms with Gasteiger partial charge in [-0.05, 0) is 27.2 Å². The van der Waals surface area contributed by atoms with Gasteiger partial charge in [0.2, 0.25) is 10.0 Å². The fraction of sp³-hybridized carbons (Fsp3) is 1.00. The minimum absolute atomic E-state index is 0.0934. The Morgan fingerprint density at radius 2 is 1.85 bits per heavy atom. The molecule has 13 heavy (non-hydrogen) atoms. The summed E-state index contributed by atoms with van der Waals surface area (Å²) in [5.41, 5.74) is 0. The maximum atomic E-state index is 11.5. The summed E-state index contributed by atoms with van der Waals surface area (Å²) in [7, 11) is -3.31. The first kappa shape index (κ1) is 12.9. The summed E-state index contributed by atoms with van der Waals surface area (Å²) in [6, 6.07) is 0. The molecule has 0 rings (SSSR count). The van der Waals surface area contributed by atoms with Gasteiger partial charge in [0.15, 0.2) is 0 Å². The SMILES string of the molecule is CCC(O)CNS(=O)(=O)C(C)(C)C. The summed E-state index contributed by atoms with van der Waals surface area (Å²) in [6.45, 7) is 6.75. The van der Waals surface area contributed by atoms with Gasteiger partial charge in [0, 0.05) is 6.54 Å². The Kier molecular flexibility index (Phi) is 4.35. The molecule has 0 aromatic rings. The van der Waals surface area contributed by atoms with Crippen LogP contribution in [0.3, 0.4) is 0 Å². The van der Waals surface area contributed by atoms with Gasteiger partial charge in [-0.1, -0.05) is 6.92 Å². The molecule has 2 N–H and O–H groups in total. The van der Waals surface area contributed by atoms with Crippen molar-refractivity contribution in [2.45, 2.75) is 45.0 Å². The molecule has 0 radical (unpaired) electrons. The molecule has 0 aliphatic heterocycles. The van der Waals surface area contributed by atoms with Crippen molar-refractivity contribution in [2.24, 2.45) is 0 Å². The number of aliphatic hydroxyl groups excluding tert-OH is 1. The lowest BCUT2D eigenvalue weighted by atomic mass is 10.3. The quantitative estimate of drug-likeness (QED) is 0.707. The molecule has 0 saturated heterocycles. The van der Waals surface area contributed by atoms with Crippen molar-refractivity contribution in [3.8, 4) is 0 Å². The molecule has 0 saturated carbocycles. The van der Waals surface area contributed by atoms with E-state index < -0.39 is 20.9 Å². The number of rotatable bonds is 4. The van der Waals surface area contributed by atoms with Gasteiger partial charge >= 0.3 is 0 Å². The molecule has 0 aromatic carbocycles. The van der Waals surface area contributed by atoms with E-state index in [4.69, 9.17) is 5.11 Å². The fourth-order valence-corrected chi connectivity index (χ4v) is 1.41. The Morgan fingerprint density at radius 1 is 1.38 bits per heavy atom. The van der Waals surface area contributed by atoms with Crippen LogP contribution in [-0.4, -0.2) is 30.9 Å². The third-order valence-electron chi connectivity index (χ3n) is 1.79. The van der Waals surface area contributed by atoms with Gasteiger partial charge in [-0.25, -0.2) is 13.1 Å². The van der Waals surface area contributed by atoms with Crippen molar-refractivity contribution >= 4 is 10.0 Å². The molecule has 80 valence electrons. The zero-order chi connectivity index (χ0) is 10.7. The second kappa shape index (κ2) is 4.39. The van der Waals surface area contributed by atoms with Crippen LogP contribution in [0.4, 0.5) is 0 Å². The minimum Gasteiger partial charge on any atom is -0.392 e. The van der Waals surface area contributed by atoms with E-state index in [1.54, 1.807) is 27.7 Å². The average Bonchev–Trinajstić information content (AvgIpc) is 1.98. The van der Waals surface area contributed by atoms with Gasteiger partial charge in [-0.15, -0.1) is 0 Å². The molecule has 0 aliphatic carbocycles. The highest BCUT2D eigenvalue weighted by atomic mass is 32.2. The van der Waals surface area contributed by atoms with Crippen molar-refractivity contribution < 1.29 is 13.5 Å². The summed E-state index contributed by atoms with van der Waals surface area (Å²) >= 11 is 0. The Balaban J connectivity index is 4.22. The van der Waals surface area contributed by atoms with Gasteiger partial charge in [0.05, 0.1) is 10.9 Å². The van der Waals surface area contributed by atoms with E-state index in [9.17, 15) is 8.42 Å². The topological polar surface area (TPSA) is 66.4 Å². The summed E-state index contributed by atoms with van der Waals surface area (Å²) in [5, 5.41) is 9.16. The molecular formula is C8H19NO3S. The molecule has 4 nitrogen and oxygen atoms in total. The van der Waals surface area contributed by atoms with Gasteiger partial charge in [0.25, 0.3) is 0 Å². The molecule has 0 aromatic heterocycles. The van der Waals surface area contributed by atoms with Crippen LogP contribution in [0.1, 0.15) is 34.1 Å². The zero-order valence-electron chi connectivity index (χ0n) is 8.66. The first-order valence-corrected chi connectivity index (χ1v) is 5.86. The van der Waals surface area contributed by atoms with E-state index in [0.717, 1.165) is 0 Å². The lowest BCUT2D eigenvalue weighted by molar-refractivity contribution is 0.174. The normalized spacial score (nSPS) is 15.8. The van der Waals surface area contributed by atoms with Crippen LogP contribution in [0, 0.1) is 0 Å². The van der Waals surface area contributed by atoms with Crippen LogP contribution in [0.25, 0.3) is 0 Å². The van der Waals surface area contributed by atoms with Gasteiger partial charge < -0.3 is 5.11 Å². The van der Waals surface area contributed by atoms with Crippen LogP contribution in [0.15, 0.2) is 0 Å². The molecule has 0 fully saturated rings. The van der Waals surface area contributed by atoms with Crippen LogP contribution in [-0.2, 0) is 10.0 Å². The predicted octanol–water partition coefficient (Wildman–Crippen LogP) is 0.475. The molecule has 0 amide bonds. The van der Waals surface area contributed by atoms with Crippen LogP contribution < -0.4 is 4.72 Å². The first-order valence-electron chi connectivity index (χ1n) is 4.38. The number of nitrogens with one attached hydrogen (secondary N) is 1. The van der Waals surface area contributed by atoms with Gasteiger partial charge in [-0.2, -0.15) is 0 Å². The van der Waals surface area contributed by atoms with E-state index in [2.05, 4.69) is 4.72 Å². The van der Waals surface area contributed by atoms with Gasteiger partial charge in [0.1, 0.15) is 0 Å². The second-order valence-corrected chi connectivity index (χ2v) is 6.55. The minimum atomic E-state index is -3.31. The third kappa shape index (κ3) is 4.06. The lowest BCUT2D eigenvalue weighted by Gasteiger charge is -2.20. The Bertz CT molecular complexity index is 241. The molecule has 0 spiro atoms. The molecule has 0 heterocycles. The maximum Gasteiger partial charge on any atom is 0.216 e. The number of aliphatic hydroxyl groups is 1. The van der Waals surface area contributed by atoms with Gasteiger partial charge in [-0.3, -0.25) is 0 Å². The fourth-order valence-electron chi connectivity index (χ4n) is 0.567. The van der Waals surface area contributed by atoms with Crippen molar-refractivity contribution in [1.82, 2.24) is 4.72 Å². The van der Waals surface area contributed by atoms with E-state index >= 15 is 0 Å². The largest absolute Gasteiger partial charge is 0.392 e. The van der Waals surface area contributed by atoms with E-state index in [1.165, 1.54) is 0 Å². The summed E-state index contributed by atoms with van der Waals surface area (Å²) < 4.78 is 24.5. The first-order chi connectivity index (χ1) is 5.70. The monoisotopic (exact) mass is 209 g/mol. The molecular weight excluding hydrogens is 190 g/mol. The molecule has 0 bridgehead atoms. The highest BCUT2D eigenvalue weighted by Crippen LogP contribution is 2.12. The highest BCUT2D eigenvalue weighted by Gasteiger charge is 2.28. The molecule has 5 heteroatoms. The predicted molar refractivity (Wildman–Crippen MR) is 53.0 cm³/mol. The zero-order valence-corrected chi connectivity index (χ0v) is 9.48. The molecule has 0 aliphatic rings. The third-order valence-corrected chi connectivity index (χ3v) is 3.95. The molecule has 1 atom stereocenters.